The lowest BCUT2D eigenvalue weighted by atomic mass is 10.1. The monoisotopic (exact) mass is 337 g/mol. The normalized spacial score (nSPS) is 21.0. The molecule has 1 saturated heterocycles. The van der Waals surface area contributed by atoms with Crippen molar-refractivity contribution in [1.82, 2.24) is 4.90 Å². The van der Waals surface area contributed by atoms with Gasteiger partial charge in [0, 0.05) is 11.3 Å². The third kappa shape index (κ3) is 2.60. The van der Waals surface area contributed by atoms with Gasteiger partial charge in [0.25, 0.3) is 5.91 Å². The van der Waals surface area contributed by atoms with Crippen molar-refractivity contribution in [3.05, 3.63) is 59.0 Å². The standard InChI is InChI=1S/C15H12ClNO4S/c16-11-4-2-1-3-10(11)13(18)17-12(15(19)20)8-22-14(17)9-5-6-21-7-9/h1-7,12,14H,8H2,(H,19,20)/t12-,14-/m1/s1. The van der Waals surface area contributed by atoms with Gasteiger partial charge < -0.3 is 14.4 Å². The second kappa shape index (κ2) is 6.06. The van der Waals surface area contributed by atoms with E-state index in [0.29, 0.717) is 16.3 Å². The Bertz CT molecular complexity index is 703. The van der Waals surface area contributed by atoms with Crippen LogP contribution in [0.3, 0.4) is 0 Å². The molecule has 0 unspecified atom stereocenters. The van der Waals surface area contributed by atoms with Crippen molar-refractivity contribution in [3.63, 3.8) is 0 Å². The summed E-state index contributed by atoms with van der Waals surface area (Å²) in [6.45, 7) is 0. The molecule has 1 amide bonds. The van der Waals surface area contributed by atoms with Crippen molar-refractivity contribution in [3.8, 4) is 0 Å². The number of halogens is 1. The van der Waals surface area contributed by atoms with E-state index in [2.05, 4.69) is 0 Å². The van der Waals surface area contributed by atoms with Crippen LogP contribution in [-0.4, -0.2) is 33.7 Å². The lowest BCUT2D eigenvalue weighted by Gasteiger charge is -2.27. The van der Waals surface area contributed by atoms with Crippen LogP contribution < -0.4 is 0 Å². The van der Waals surface area contributed by atoms with E-state index in [4.69, 9.17) is 16.0 Å². The molecule has 114 valence electrons. The number of carboxylic acids is 1. The minimum atomic E-state index is -1.03. The number of hydrogen-bond acceptors (Lipinski definition) is 4. The van der Waals surface area contributed by atoms with Gasteiger partial charge in [-0.1, -0.05) is 23.7 Å². The molecule has 1 N–H and O–H groups in total. The predicted octanol–water partition coefficient (Wildman–Crippen LogP) is 3.27. The Balaban J connectivity index is 2.00. The van der Waals surface area contributed by atoms with Gasteiger partial charge in [0.15, 0.2) is 0 Å². The number of nitrogens with zero attached hydrogens (tertiary/aromatic N) is 1. The first kappa shape index (κ1) is 15.0. The van der Waals surface area contributed by atoms with E-state index in [1.54, 1.807) is 30.3 Å². The highest BCUT2D eigenvalue weighted by Crippen LogP contribution is 2.42. The number of benzene rings is 1. The van der Waals surface area contributed by atoms with Crippen molar-refractivity contribution in [2.45, 2.75) is 11.4 Å². The summed E-state index contributed by atoms with van der Waals surface area (Å²) in [6.07, 6.45) is 3.02. The Labute approximate surface area is 135 Å². The minimum Gasteiger partial charge on any atom is -0.480 e. The summed E-state index contributed by atoms with van der Waals surface area (Å²) in [5, 5.41) is 9.31. The number of carbonyl (C=O) groups excluding carboxylic acids is 1. The third-order valence-electron chi connectivity index (χ3n) is 3.45. The average Bonchev–Trinajstić information content (AvgIpc) is 3.15. The summed E-state index contributed by atoms with van der Waals surface area (Å²) < 4.78 is 5.06. The third-order valence-corrected chi connectivity index (χ3v) is 5.11. The van der Waals surface area contributed by atoms with Crippen LogP contribution in [0.5, 0.6) is 0 Å². The molecule has 1 aromatic carbocycles. The van der Waals surface area contributed by atoms with Crippen molar-refractivity contribution < 1.29 is 19.1 Å². The number of rotatable bonds is 3. The van der Waals surface area contributed by atoms with E-state index < -0.39 is 23.3 Å². The van der Waals surface area contributed by atoms with E-state index in [9.17, 15) is 14.7 Å². The maximum atomic E-state index is 12.8. The number of carbonyl (C=O) groups is 2. The van der Waals surface area contributed by atoms with Gasteiger partial charge in [0.2, 0.25) is 0 Å². The van der Waals surface area contributed by atoms with Gasteiger partial charge in [0.1, 0.15) is 11.4 Å². The first-order valence-corrected chi connectivity index (χ1v) is 7.96. The molecular weight excluding hydrogens is 326 g/mol. The van der Waals surface area contributed by atoms with Gasteiger partial charge in [-0.25, -0.2) is 4.79 Å². The lowest BCUT2D eigenvalue weighted by Crippen LogP contribution is -2.43. The lowest BCUT2D eigenvalue weighted by molar-refractivity contribution is -0.141. The molecule has 7 heteroatoms. The van der Waals surface area contributed by atoms with Gasteiger partial charge in [0.05, 0.1) is 23.1 Å². The molecular formula is C15H12ClNO4S. The fourth-order valence-corrected chi connectivity index (χ4v) is 4.00. The number of amides is 1. The molecule has 2 aromatic rings. The van der Waals surface area contributed by atoms with Crippen LogP contribution in [0.25, 0.3) is 0 Å². The molecule has 1 aliphatic heterocycles. The molecule has 1 aromatic heterocycles. The summed E-state index contributed by atoms with van der Waals surface area (Å²) in [7, 11) is 0. The molecule has 0 saturated carbocycles. The molecule has 1 aliphatic rings. The molecule has 0 aliphatic carbocycles. The number of thioether (sulfide) groups is 1. The molecule has 1 fully saturated rings. The molecule has 0 spiro atoms. The summed E-state index contributed by atoms with van der Waals surface area (Å²) in [5.41, 5.74) is 1.06. The first-order chi connectivity index (χ1) is 10.6. The van der Waals surface area contributed by atoms with E-state index in [0.717, 1.165) is 5.56 Å². The SMILES string of the molecule is O=C(O)[C@H]1CS[C@H](c2ccoc2)N1C(=O)c1ccccc1Cl. The average molecular weight is 338 g/mol. The number of hydrogen-bond donors (Lipinski definition) is 1. The van der Waals surface area contributed by atoms with Crippen LogP contribution in [0.2, 0.25) is 5.02 Å². The Morgan fingerprint density at radius 1 is 1.32 bits per heavy atom. The maximum Gasteiger partial charge on any atom is 0.327 e. The Morgan fingerprint density at radius 3 is 2.73 bits per heavy atom. The largest absolute Gasteiger partial charge is 0.480 e. The van der Waals surface area contributed by atoms with Crippen LogP contribution in [0.4, 0.5) is 0 Å². The minimum absolute atomic E-state index is 0.298. The summed E-state index contributed by atoms with van der Waals surface area (Å²) in [6, 6.07) is 7.47. The topological polar surface area (TPSA) is 70.8 Å². The zero-order valence-electron chi connectivity index (χ0n) is 11.3. The molecule has 0 radical (unpaired) electrons. The maximum absolute atomic E-state index is 12.8. The summed E-state index contributed by atoms with van der Waals surface area (Å²) in [4.78, 5) is 25.7. The summed E-state index contributed by atoms with van der Waals surface area (Å²) >= 11 is 7.47. The van der Waals surface area contributed by atoms with Gasteiger partial charge in [-0.15, -0.1) is 11.8 Å². The Kier molecular flexibility index (Phi) is 4.13. The van der Waals surface area contributed by atoms with Gasteiger partial charge in [-0.2, -0.15) is 0 Å². The number of furan rings is 1. The van der Waals surface area contributed by atoms with Crippen molar-refractivity contribution in [2.24, 2.45) is 0 Å². The van der Waals surface area contributed by atoms with E-state index >= 15 is 0 Å². The second-order valence-electron chi connectivity index (χ2n) is 4.79. The van der Waals surface area contributed by atoms with Crippen molar-refractivity contribution in [1.29, 1.82) is 0 Å². The number of carboxylic acid groups (broad SMARTS) is 1. The fourth-order valence-electron chi connectivity index (χ4n) is 2.39. The van der Waals surface area contributed by atoms with E-state index in [-0.39, 0.29) is 0 Å². The molecule has 22 heavy (non-hydrogen) atoms. The zero-order valence-corrected chi connectivity index (χ0v) is 12.9. The predicted molar refractivity (Wildman–Crippen MR) is 83.0 cm³/mol. The highest BCUT2D eigenvalue weighted by molar-refractivity contribution is 7.99. The van der Waals surface area contributed by atoms with Crippen LogP contribution in [0.1, 0.15) is 21.3 Å². The van der Waals surface area contributed by atoms with E-state index in [1.165, 1.54) is 29.2 Å². The smallest absolute Gasteiger partial charge is 0.327 e. The second-order valence-corrected chi connectivity index (χ2v) is 6.31. The fraction of sp³-hybridized carbons (Fsp3) is 0.200. The first-order valence-electron chi connectivity index (χ1n) is 6.53. The Morgan fingerprint density at radius 2 is 2.09 bits per heavy atom. The van der Waals surface area contributed by atoms with Gasteiger partial charge >= 0.3 is 5.97 Å². The highest BCUT2D eigenvalue weighted by atomic mass is 35.5. The molecule has 3 rings (SSSR count). The molecule has 2 atom stereocenters. The van der Waals surface area contributed by atoms with E-state index in [1.807, 2.05) is 0 Å². The Hall–Kier alpha value is -1.92. The zero-order chi connectivity index (χ0) is 15.7. The van der Waals surface area contributed by atoms with Crippen LogP contribution in [0.15, 0.2) is 47.3 Å². The molecule has 5 nitrogen and oxygen atoms in total. The quantitative estimate of drug-likeness (QED) is 0.930. The van der Waals surface area contributed by atoms with Crippen LogP contribution >= 0.6 is 23.4 Å². The van der Waals surface area contributed by atoms with Crippen molar-refractivity contribution >= 4 is 35.2 Å². The molecule has 0 bridgehead atoms. The van der Waals surface area contributed by atoms with Crippen LogP contribution in [-0.2, 0) is 4.79 Å². The summed E-state index contributed by atoms with van der Waals surface area (Å²) in [5.74, 6) is -1.10. The van der Waals surface area contributed by atoms with Crippen molar-refractivity contribution in [2.75, 3.05) is 5.75 Å². The van der Waals surface area contributed by atoms with Crippen LogP contribution in [0, 0.1) is 0 Å². The van der Waals surface area contributed by atoms with Gasteiger partial charge in [-0.05, 0) is 18.2 Å². The highest BCUT2D eigenvalue weighted by Gasteiger charge is 2.43. The molecule has 2 heterocycles. The van der Waals surface area contributed by atoms with Gasteiger partial charge in [-0.3, -0.25) is 4.79 Å². The number of aliphatic carboxylic acids is 1.